The van der Waals surface area contributed by atoms with E-state index in [2.05, 4.69) is 52.8 Å². The number of rotatable bonds is 4. The van der Waals surface area contributed by atoms with E-state index in [0.29, 0.717) is 12.1 Å². The van der Waals surface area contributed by atoms with E-state index in [9.17, 15) is 0 Å². The minimum absolute atomic E-state index is 0.494. The quantitative estimate of drug-likeness (QED) is 0.891. The van der Waals surface area contributed by atoms with E-state index in [4.69, 9.17) is 0 Å². The van der Waals surface area contributed by atoms with Crippen molar-refractivity contribution >= 4 is 23.1 Å². The molecule has 1 aliphatic rings. The average Bonchev–Trinajstić information content (AvgIpc) is 2.80. The Morgan fingerprint density at radius 1 is 1.62 bits per heavy atom. The van der Waals surface area contributed by atoms with Gasteiger partial charge in [0.1, 0.15) is 0 Å². The van der Waals surface area contributed by atoms with Crippen LogP contribution < -0.4 is 5.32 Å². The summed E-state index contributed by atoms with van der Waals surface area (Å²) in [5.41, 5.74) is 1.45. The Hall–Kier alpha value is -0.0300. The van der Waals surface area contributed by atoms with Gasteiger partial charge in [0.15, 0.2) is 0 Å². The van der Waals surface area contributed by atoms with Crippen molar-refractivity contribution in [3.63, 3.8) is 0 Å². The molecule has 0 radical (unpaired) electrons. The van der Waals surface area contributed by atoms with Crippen LogP contribution >= 0.6 is 23.1 Å². The van der Waals surface area contributed by atoms with Crippen molar-refractivity contribution in [3.05, 3.63) is 22.4 Å². The lowest BCUT2D eigenvalue weighted by Crippen LogP contribution is -2.47. The summed E-state index contributed by atoms with van der Waals surface area (Å²) in [6.07, 6.45) is 0. The van der Waals surface area contributed by atoms with Crippen LogP contribution in [0.25, 0.3) is 0 Å². The molecule has 2 atom stereocenters. The third kappa shape index (κ3) is 2.80. The van der Waals surface area contributed by atoms with E-state index in [1.807, 2.05) is 0 Å². The van der Waals surface area contributed by atoms with Crippen molar-refractivity contribution in [1.29, 1.82) is 0 Å². The number of likely N-dealkylation sites (N-methyl/N-ethyl adjacent to an activating group) is 2. The molecule has 2 rings (SSSR count). The fraction of sp³-hybridized carbons (Fsp3) is 0.667. The van der Waals surface area contributed by atoms with Gasteiger partial charge in [-0.1, -0.05) is 6.92 Å². The largest absolute Gasteiger partial charge is 0.309 e. The second-order valence-electron chi connectivity index (χ2n) is 4.21. The lowest BCUT2D eigenvalue weighted by atomic mass is 10.0. The van der Waals surface area contributed by atoms with Gasteiger partial charge < -0.3 is 5.32 Å². The monoisotopic (exact) mass is 256 g/mol. The number of nitrogens with one attached hydrogen (secondary N) is 1. The molecule has 1 aromatic rings. The van der Waals surface area contributed by atoms with Crippen LogP contribution in [-0.2, 0) is 0 Å². The fourth-order valence-electron chi connectivity index (χ4n) is 2.20. The SMILES string of the molecule is CCNC(c1ccsc1)C1CSCCN1C. The Morgan fingerprint density at radius 2 is 2.50 bits per heavy atom. The van der Waals surface area contributed by atoms with E-state index >= 15 is 0 Å². The first-order valence-electron chi connectivity index (χ1n) is 5.86. The van der Waals surface area contributed by atoms with E-state index < -0.39 is 0 Å². The van der Waals surface area contributed by atoms with E-state index in [-0.39, 0.29) is 0 Å². The summed E-state index contributed by atoms with van der Waals surface area (Å²) < 4.78 is 0. The zero-order chi connectivity index (χ0) is 11.4. The summed E-state index contributed by atoms with van der Waals surface area (Å²) in [5.74, 6) is 2.51. The number of hydrogen-bond donors (Lipinski definition) is 1. The zero-order valence-corrected chi connectivity index (χ0v) is 11.6. The minimum Gasteiger partial charge on any atom is -0.309 e. The Kier molecular flexibility index (Phi) is 4.70. The molecule has 1 N–H and O–H groups in total. The molecule has 1 aromatic heterocycles. The summed E-state index contributed by atoms with van der Waals surface area (Å²) in [7, 11) is 2.25. The fourth-order valence-corrected chi connectivity index (χ4v) is 4.17. The molecule has 2 heterocycles. The molecule has 0 saturated carbocycles. The Labute approximate surface area is 106 Å². The average molecular weight is 256 g/mol. The molecule has 1 fully saturated rings. The van der Waals surface area contributed by atoms with Crippen LogP contribution in [0.5, 0.6) is 0 Å². The molecule has 0 aliphatic carbocycles. The van der Waals surface area contributed by atoms with Crippen molar-refractivity contribution in [2.45, 2.75) is 19.0 Å². The summed E-state index contributed by atoms with van der Waals surface area (Å²) in [6, 6.07) is 3.38. The van der Waals surface area contributed by atoms with Gasteiger partial charge in [-0.05, 0) is 36.0 Å². The Balaban J connectivity index is 2.11. The predicted octanol–water partition coefficient (Wildman–Crippen LogP) is 2.45. The van der Waals surface area contributed by atoms with Gasteiger partial charge in [0, 0.05) is 30.1 Å². The van der Waals surface area contributed by atoms with Gasteiger partial charge in [-0.25, -0.2) is 0 Å². The maximum absolute atomic E-state index is 3.64. The highest BCUT2D eigenvalue weighted by Crippen LogP contribution is 2.27. The Bertz CT molecular complexity index is 300. The number of thioether (sulfide) groups is 1. The standard InChI is InChI=1S/C12H20N2S2/c1-3-13-12(10-4-6-15-8-10)11-9-16-7-5-14(11)2/h4,6,8,11-13H,3,5,7,9H2,1-2H3. The molecule has 2 nitrogen and oxygen atoms in total. The maximum Gasteiger partial charge on any atom is 0.0494 e. The van der Waals surface area contributed by atoms with Gasteiger partial charge in [-0.2, -0.15) is 23.1 Å². The summed E-state index contributed by atoms with van der Waals surface area (Å²) in [4.78, 5) is 2.50. The van der Waals surface area contributed by atoms with Crippen molar-refractivity contribution in [2.75, 3.05) is 31.6 Å². The van der Waals surface area contributed by atoms with Crippen LogP contribution in [0.15, 0.2) is 16.8 Å². The zero-order valence-electron chi connectivity index (χ0n) is 9.98. The smallest absolute Gasteiger partial charge is 0.0494 e. The van der Waals surface area contributed by atoms with Gasteiger partial charge in [0.25, 0.3) is 0 Å². The normalized spacial score (nSPS) is 24.5. The summed E-state index contributed by atoms with van der Waals surface area (Å²) in [6.45, 7) is 4.44. The van der Waals surface area contributed by atoms with Crippen molar-refractivity contribution in [3.8, 4) is 0 Å². The molecule has 1 aliphatic heterocycles. The first kappa shape index (κ1) is 12.4. The highest BCUT2D eigenvalue weighted by atomic mass is 32.2. The lowest BCUT2D eigenvalue weighted by Gasteiger charge is -2.38. The third-order valence-electron chi connectivity index (χ3n) is 3.15. The second kappa shape index (κ2) is 6.05. The van der Waals surface area contributed by atoms with Crippen molar-refractivity contribution in [1.82, 2.24) is 10.2 Å². The molecule has 0 aromatic carbocycles. The van der Waals surface area contributed by atoms with Gasteiger partial charge in [0.05, 0.1) is 0 Å². The van der Waals surface area contributed by atoms with Crippen LogP contribution in [0.2, 0.25) is 0 Å². The first-order chi connectivity index (χ1) is 7.83. The van der Waals surface area contributed by atoms with E-state index in [1.165, 1.54) is 23.6 Å². The molecule has 0 amide bonds. The van der Waals surface area contributed by atoms with Gasteiger partial charge in [-0.15, -0.1) is 0 Å². The van der Waals surface area contributed by atoms with Crippen molar-refractivity contribution < 1.29 is 0 Å². The van der Waals surface area contributed by atoms with Crippen molar-refractivity contribution in [2.24, 2.45) is 0 Å². The number of hydrogen-bond acceptors (Lipinski definition) is 4. The molecule has 2 unspecified atom stereocenters. The molecule has 0 bridgehead atoms. The van der Waals surface area contributed by atoms with E-state index in [0.717, 1.165) is 6.54 Å². The Morgan fingerprint density at radius 3 is 3.12 bits per heavy atom. The van der Waals surface area contributed by atoms with Gasteiger partial charge in [0.2, 0.25) is 0 Å². The highest BCUT2D eigenvalue weighted by Gasteiger charge is 2.28. The maximum atomic E-state index is 3.64. The lowest BCUT2D eigenvalue weighted by molar-refractivity contribution is 0.217. The van der Waals surface area contributed by atoms with Crippen LogP contribution in [-0.4, -0.2) is 42.6 Å². The molecular weight excluding hydrogens is 236 g/mol. The molecule has 90 valence electrons. The predicted molar refractivity (Wildman–Crippen MR) is 74.5 cm³/mol. The number of thiophene rings is 1. The van der Waals surface area contributed by atoms with Crippen LogP contribution in [0.4, 0.5) is 0 Å². The first-order valence-corrected chi connectivity index (χ1v) is 7.96. The van der Waals surface area contributed by atoms with Gasteiger partial charge >= 0.3 is 0 Å². The van der Waals surface area contributed by atoms with Crippen LogP contribution in [0, 0.1) is 0 Å². The van der Waals surface area contributed by atoms with Crippen LogP contribution in [0.1, 0.15) is 18.5 Å². The van der Waals surface area contributed by atoms with E-state index in [1.54, 1.807) is 11.3 Å². The molecule has 1 saturated heterocycles. The minimum atomic E-state index is 0.494. The second-order valence-corrected chi connectivity index (χ2v) is 6.14. The van der Waals surface area contributed by atoms with Gasteiger partial charge in [-0.3, -0.25) is 4.90 Å². The topological polar surface area (TPSA) is 15.3 Å². The summed E-state index contributed by atoms with van der Waals surface area (Å²) in [5, 5.41) is 8.09. The third-order valence-corrected chi connectivity index (χ3v) is 4.90. The van der Waals surface area contributed by atoms with Crippen LogP contribution in [0.3, 0.4) is 0 Å². The molecule has 4 heteroatoms. The molecule has 0 spiro atoms. The number of nitrogens with zero attached hydrogens (tertiary/aromatic N) is 1. The molecule has 16 heavy (non-hydrogen) atoms. The summed E-state index contributed by atoms with van der Waals surface area (Å²) >= 11 is 3.87. The highest BCUT2D eigenvalue weighted by molar-refractivity contribution is 7.99. The molecular formula is C12H20N2S2.